The molecule has 1 atom stereocenters. The first-order valence-electron chi connectivity index (χ1n) is 9.05. The predicted molar refractivity (Wildman–Crippen MR) is 96.1 cm³/mol. The van der Waals surface area contributed by atoms with Crippen LogP contribution in [0.3, 0.4) is 0 Å². The predicted octanol–water partition coefficient (Wildman–Crippen LogP) is 6.38. The molecule has 128 valence electrons. The molecule has 0 aromatic rings. The molecule has 0 aliphatic rings. The van der Waals surface area contributed by atoms with E-state index in [-0.39, 0.29) is 6.42 Å². The zero-order valence-electron chi connectivity index (χ0n) is 14.9. The van der Waals surface area contributed by atoms with Gasteiger partial charge in [0, 0.05) is 6.42 Å². The maximum absolute atomic E-state index is 10.3. The Kier molecular flexibility index (Phi) is 14.2. The summed E-state index contributed by atoms with van der Waals surface area (Å²) in [6.45, 7) is 6.99. The Hall–Kier alpha value is -1.05. The first-order chi connectivity index (χ1) is 10.5. The second kappa shape index (κ2) is 14.9. The van der Waals surface area contributed by atoms with Gasteiger partial charge in [0.2, 0.25) is 0 Å². The number of aliphatic carboxylic acids is 1. The molecule has 0 fully saturated rings. The number of allylic oxidation sites excluding steroid dienone is 4. The van der Waals surface area contributed by atoms with E-state index in [1.54, 1.807) is 0 Å². The highest BCUT2D eigenvalue weighted by Crippen LogP contribution is 2.18. The van der Waals surface area contributed by atoms with Gasteiger partial charge in [-0.1, -0.05) is 64.3 Å². The van der Waals surface area contributed by atoms with Crippen LogP contribution in [0.2, 0.25) is 0 Å². The molecule has 0 heterocycles. The van der Waals surface area contributed by atoms with Gasteiger partial charge in [0.05, 0.1) is 0 Å². The van der Waals surface area contributed by atoms with E-state index in [4.69, 9.17) is 5.11 Å². The number of unbranched alkanes of at least 4 members (excludes halogenated alkanes) is 5. The van der Waals surface area contributed by atoms with Crippen molar-refractivity contribution in [2.45, 2.75) is 85.0 Å². The van der Waals surface area contributed by atoms with Crippen LogP contribution in [0.15, 0.2) is 24.3 Å². The smallest absolute Gasteiger partial charge is 0.303 e. The van der Waals surface area contributed by atoms with Gasteiger partial charge in [-0.25, -0.2) is 0 Å². The minimum atomic E-state index is -0.699. The summed E-state index contributed by atoms with van der Waals surface area (Å²) in [5.74, 6) is 0.977. The fourth-order valence-electron chi connectivity index (χ4n) is 2.27. The van der Waals surface area contributed by atoms with Crippen LogP contribution in [0, 0.1) is 11.8 Å². The van der Waals surface area contributed by atoms with Gasteiger partial charge in [-0.05, 0) is 50.4 Å². The average Bonchev–Trinajstić information content (AvgIpc) is 2.46. The Morgan fingerprint density at radius 1 is 0.818 bits per heavy atom. The molecule has 2 nitrogen and oxygen atoms in total. The average molecular weight is 309 g/mol. The van der Waals surface area contributed by atoms with Crippen LogP contribution in [0.1, 0.15) is 85.0 Å². The van der Waals surface area contributed by atoms with Gasteiger partial charge in [-0.3, -0.25) is 4.79 Å². The van der Waals surface area contributed by atoms with Crippen molar-refractivity contribution in [2.75, 3.05) is 0 Å². The van der Waals surface area contributed by atoms with E-state index < -0.39 is 5.97 Å². The molecule has 0 aromatic carbocycles. The molecular formula is C20H36O2. The molecule has 1 N–H and O–H groups in total. The lowest BCUT2D eigenvalue weighted by molar-refractivity contribution is -0.137. The summed E-state index contributed by atoms with van der Waals surface area (Å²) in [7, 11) is 0. The number of hydrogen-bond acceptors (Lipinski definition) is 1. The molecule has 2 heteroatoms. The van der Waals surface area contributed by atoms with Gasteiger partial charge in [-0.2, -0.15) is 0 Å². The zero-order chi connectivity index (χ0) is 16.6. The molecule has 0 aliphatic heterocycles. The monoisotopic (exact) mass is 308 g/mol. The molecule has 0 rings (SSSR count). The maximum Gasteiger partial charge on any atom is 0.303 e. The van der Waals surface area contributed by atoms with E-state index in [2.05, 4.69) is 45.1 Å². The standard InChI is InChI=1S/C20H36O2/c1-18(2)19(3)16-14-12-10-8-6-4-5-7-9-11-13-15-17-20(21)22/h4,6,9,11,18-19H,5,7-8,10,12-17H2,1-3H3,(H,21,22). The van der Waals surface area contributed by atoms with Crippen LogP contribution in [-0.2, 0) is 4.79 Å². The summed E-state index contributed by atoms with van der Waals surface area (Å²) in [6.07, 6.45) is 19.5. The molecule has 22 heavy (non-hydrogen) atoms. The largest absolute Gasteiger partial charge is 0.481 e. The van der Waals surface area contributed by atoms with Crippen LogP contribution in [0.25, 0.3) is 0 Å². The van der Waals surface area contributed by atoms with E-state index in [1.807, 2.05) is 0 Å². The van der Waals surface area contributed by atoms with Crippen LogP contribution in [0.4, 0.5) is 0 Å². The summed E-state index contributed by atoms with van der Waals surface area (Å²) in [5, 5.41) is 8.51. The Morgan fingerprint density at radius 2 is 1.36 bits per heavy atom. The molecule has 0 spiro atoms. The number of carboxylic acid groups (broad SMARTS) is 1. The number of hydrogen-bond donors (Lipinski definition) is 1. The quantitative estimate of drug-likeness (QED) is 0.299. The highest BCUT2D eigenvalue weighted by Gasteiger charge is 2.05. The Morgan fingerprint density at radius 3 is 1.91 bits per heavy atom. The highest BCUT2D eigenvalue weighted by molar-refractivity contribution is 5.66. The van der Waals surface area contributed by atoms with Crippen molar-refractivity contribution in [1.82, 2.24) is 0 Å². The maximum atomic E-state index is 10.3. The Balaban J connectivity index is 3.31. The lowest BCUT2D eigenvalue weighted by Gasteiger charge is -2.14. The number of carboxylic acids is 1. The van der Waals surface area contributed by atoms with Crippen molar-refractivity contribution in [2.24, 2.45) is 11.8 Å². The first-order valence-corrected chi connectivity index (χ1v) is 9.05. The van der Waals surface area contributed by atoms with E-state index in [0.29, 0.717) is 0 Å². The SMILES string of the molecule is CC(C)C(C)CCCCCC=CCCC=CCCCC(=O)O. The van der Waals surface area contributed by atoms with Crippen LogP contribution in [0.5, 0.6) is 0 Å². The highest BCUT2D eigenvalue weighted by atomic mass is 16.4. The second-order valence-electron chi connectivity index (χ2n) is 6.67. The van der Waals surface area contributed by atoms with Crippen molar-refractivity contribution in [3.63, 3.8) is 0 Å². The van der Waals surface area contributed by atoms with Gasteiger partial charge < -0.3 is 5.11 Å². The molecule has 0 radical (unpaired) electrons. The Bertz CT molecular complexity index is 316. The van der Waals surface area contributed by atoms with Crippen molar-refractivity contribution in [3.8, 4) is 0 Å². The van der Waals surface area contributed by atoms with Crippen molar-refractivity contribution < 1.29 is 9.90 Å². The van der Waals surface area contributed by atoms with Crippen molar-refractivity contribution in [1.29, 1.82) is 0 Å². The fraction of sp³-hybridized carbons (Fsp3) is 0.750. The summed E-state index contributed by atoms with van der Waals surface area (Å²) >= 11 is 0. The minimum absolute atomic E-state index is 0.278. The molecule has 1 unspecified atom stereocenters. The van der Waals surface area contributed by atoms with E-state index in [1.165, 1.54) is 32.1 Å². The summed E-state index contributed by atoms with van der Waals surface area (Å²) in [4.78, 5) is 10.3. The third kappa shape index (κ3) is 15.3. The summed E-state index contributed by atoms with van der Waals surface area (Å²) in [6, 6.07) is 0. The van der Waals surface area contributed by atoms with Gasteiger partial charge in [0.25, 0.3) is 0 Å². The Labute approximate surface area is 137 Å². The first kappa shape index (κ1) is 20.9. The van der Waals surface area contributed by atoms with Gasteiger partial charge in [-0.15, -0.1) is 0 Å². The number of rotatable bonds is 14. The minimum Gasteiger partial charge on any atom is -0.481 e. The van der Waals surface area contributed by atoms with Crippen molar-refractivity contribution in [3.05, 3.63) is 24.3 Å². The van der Waals surface area contributed by atoms with Crippen LogP contribution < -0.4 is 0 Å². The van der Waals surface area contributed by atoms with E-state index in [9.17, 15) is 4.79 Å². The summed E-state index contributed by atoms with van der Waals surface area (Å²) in [5.41, 5.74) is 0. The third-order valence-electron chi connectivity index (χ3n) is 4.26. The lowest BCUT2D eigenvalue weighted by atomic mass is 9.92. The van der Waals surface area contributed by atoms with Crippen LogP contribution >= 0.6 is 0 Å². The van der Waals surface area contributed by atoms with Gasteiger partial charge >= 0.3 is 5.97 Å². The second-order valence-corrected chi connectivity index (χ2v) is 6.67. The van der Waals surface area contributed by atoms with E-state index >= 15 is 0 Å². The molecule has 0 aliphatic carbocycles. The lowest BCUT2D eigenvalue weighted by Crippen LogP contribution is -2.03. The summed E-state index contributed by atoms with van der Waals surface area (Å²) < 4.78 is 0. The fourth-order valence-corrected chi connectivity index (χ4v) is 2.27. The molecule has 0 bridgehead atoms. The van der Waals surface area contributed by atoms with E-state index in [0.717, 1.165) is 37.5 Å². The molecule has 0 saturated carbocycles. The third-order valence-corrected chi connectivity index (χ3v) is 4.26. The molecule has 0 amide bonds. The molecular weight excluding hydrogens is 272 g/mol. The number of carbonyl (C=O) groups is 1. The normalized spacial score (nSPS) is 13.5. The van der Waals surface area contributed by atoms with Crippen LogP contribution in [-0.4, -0.2) is 11.1 Å². The van der Waals surface area contributed by atoms with Gasteiger partial charge in [0.15, 0.2) is 0 Å². The topological polar surface area (TPSA) is 37.3 Å². The van der Waals surface area contributed by atoms with Gasteiger partial charge in [0.1, 0.15) is 0 Å². The van der Waals surface area contributed by atoms with Crippen molar-refractivity contribution >= 4 is 5.97 Å². The molecule has 0 aromatic heterocycles. The zero-order valence-corrected chi connectivity index (χ0v) is 14.9. The molecule has 0 saturated heterocycles.